The molecule has 6 nitrogen and oxygen atoms in total. The summed E-state index contributed by atoms with van der Waals surface area (Å²) in [6.45, 7) is 3.81. The number of amides is 1. The van der Waals surface area contributed by atoms with Crippen LogP contribution in [0.2, 0.25) is 0 Å². The summed E-state index contributed by atoms with van der Waals surface area (Å²) in [5.74, 6) is -0.270. The van der Waals surface area contributed by atoms with Crippen LogP contribution in [0.3, 0.4) is 0 Å². The molecule has 0 saturated heterocycles. The highest BCUT2D eigenvalue weighted by molar-refractivity contribution is 5.93. The summed E-state index contributed by atoms with van der Waals surface area (Å²) in [5.41, 5.74) is 1.71. The van der Waals surface area contributed by atoms with Gasteiger partial charge in [0.1, 0.15) is 5.69 Å². The second-order valence-corrected chi connectivity index (χ2v) is 4.65. The van der Waals surface area contributed by atoms with Gasteiger partial charge in [0.2, 0.25) is 0 Å². The maximum absolute atomic E-state index is 12.2. The van der Waals surface area contributed by atoms with Crippen LogP contribution in [0.1, 0.15) is 54.0 Å². The Labute approximate surface area is 117 Å². The van der Waals surface area contributed by atoms with Gasteiger partial charge in [0.15, 0.2) is 5.69 Å². The van der Waals surface area contributed by atoms with Gasteiger partial charge < -0.3 is 5.32 Å². The van der Waals surface area contributed by atoms with Crippen molar-refractivity contribution in [3.63, 3.8) is 0 Å². The summed E-state index contributed by atoms with van der Waals surface area (Å²) >= 11 is 0. The van der Waals surface area contributed by atoms with Crippen molar-refractivity contribution < 1.29 is 9.42 Å². The number of carbonyl (C=O) groups is 1. The largest absolute Gasteiger partial charge is 0.344 e. The first-order valence-electron chi connectivity index (χ1n) is 6.72. The van der Waals surface area contributed by atoms with Gasteiger partial charge in [0, 0.05) is 12.4 Å². The Bertz CT molecular complexity index is 553. The van der Waals surface area contributed by atoms with Gasteiger partial charge in [-0.05, 0) is 30.1 Å². The highest BCUT2D eigenvalue weighted by Crippen LogP contribution is 2.19. The number of aromatic nitrogens is 3. The minimum absolute atomic E-state index is 0.0766. The van der Waals surface area contributed by atoms with Crippen molar-refractivity contribution in [2.45, 2.75) is 39.2 Å². The average Bonchev–Trinajstić information content (AvgIpc) is 2.90. The van der Waals surface area contributed by atoms with Crippen molar-refractivity contribution in [3.8, 4) is 0 Å². The maximum Gasteiger partial charge on any atom is 0.275 e. The van der Waals surface area contributed by atoms with E-state index in [1.165, 1.54) is 0 Å². The molecule has 0 aliphatic carbocycles. The van der Waals surface area contributed by atoms with Crippen molar-refractivity contribution in [3.05, 3.63) is 41.5 Å². The standard InChI is InChI=1S/C14H18N4O2/c1-3-4-7-12(11-6-5-8-15-9-11)16-14(19)13-10(2)17-20-18-13/h5-6,8-9,12H,3-4,7H2,1-2H3,(H,16,19)/t12-/m1/s1. The van der Waals surface area contributed by atoms with E-state index in [4.69, 9.17) is 0 Å². The van der Waals surface area contributed by atoms with Gasteiger partial charge in [-0.2, -0.15) is 0 Å². The Morgan fingerprint density at radius 2 is 2.30 bits per heavy atom. The number of carbonyl (C=O) groups excluding carboxylic acids is 1. The predicted octanol–water partition coefficient (Wildman–Crippen LogP) is 2.43. The average molecular weight is 274 g/mol. The van der Waals surface area contributed by atoms with E-state index >= 15 is 0 Å². The molecule has 106 valence electrons. The number of nitrogens with one attached hydrogen (secondary N) is 1. The molecule has 0 aromatic carbocycles. The fraction of sp³-hybridized carbons (Fsp3) is 0.429. The van der Waals surface area contributed by atoms with Gasteiger partial charge in [0.05, 0.1) is 6.04 Å². The molecule has 0 radical (unpaired) electrons. The number of unbranched alkanes of at least 4 members (excludes halogenated alkanes) is 1. The molecule has 0 unspecified atom stereocenters. The number of hydrogen-bond acceptors (Lipinski definition) is 5. The first-order chi connectivity index (χ1) is 9.72. The van der Waals surface area contributed by atoms with Gasteiger partial charge in [-0.3, -0.25) is 9.78 Å². The van der Waals surface area contributed by atoms with E-state index in [0.717, 1.165) is 24.8 Å². The number of rotatable bonds is 6. The second-order valence-electron chi connectivity index (χ2n) is 4.65. The normalized spacial score (nSPS) is 12.1. The Kier molecular flexibility index (Phi) is 4.81. The van der Waals surface area contributed by atoms with Crippen LogP contribution in [0.25, 0.3) is 0 Å². The molecule has 2 rings (SSSR count). The Hall–Kier alpha value is -2.24. The molecular weight excluding hydrogens is 256 g/mol. The van der Waals surface area contributed by atoms with E-state index in [0.29, 0.717) is 5.69 Å². The highest BCUT2D eigenvalue weighted by atomic mass is 16.6. The van der Waals surface area contributed by atoms with E-state index < -0.39 is 0 Å². The van der Waals surface area contributed by atoms with E-state index in [-0.39, 0.29) is 17.6 Å². The topological polar surface area (TPSA) is 80.9 Å². The lowest BCUT2D eigenvalue weighted by atomic mass is 10.0. The molecule has 0 aliphatic heterocycles. The van der Waals surface area contributed by atoms with Gasteiger partial charge in [-0.25, -0.2) is 4.63 Å². The maximum atomic E-state index is 12.2. The van der Waals surface area contributed by atoms with Crippen molar-refractivity contribution >= 4 is 5.91 Å². The molecule has 0 aliphatic rings. The van der Waals surface area contributed by atoms with Crippen LogP contribution in [0, 0.1) is 6.92 Å². The predicted molar refractivity (Wildman–Crippen MR) is 73.0 cm³/mol. The summed E-state index contributed by atoms with van der Waals surface area (Å²) < 4.78 is 4.56. The molecule has 2 heterocycles. The van der Waals surface area contributed by atoms with Crippen molar-refractivity contribution in [1.82, 2.24) is 20.6 Å². The van der Waals surface area contributed by atoms with E-state index in [2.05, 4.69) is 32.2 Å². The smallest absolute Gasteiger partial charge is 0.275 e. The molecule has 2 aromatic rings. The van der Waals surface area contributed by atoms with E-state index in [1.54, 1.807) is 19.3 Å². The van der Waals surface area contributed by atoms with Crippen LogP contribution in [-0.2, 0) is 0 Å². The zero-order valence-electron chi connectivity index (χ0n) is 11.7. The lowest BCUT2D eigenvalue weighted by Gasteiger charge is -2.18. The summed E-state index contributed by atoms with van der Waals surface area (Å²) in [6, 6.07) is 3.75. The SMILES string of the molecule is CCCC[C@@H](NC(=O)c1nonc1C)c1cccnc1. The van der Waals surface area contributed by atoms with E-state index in [9.17, 15) is 4.79 Å². The number of nitrogens with zero attached hydrogens (tertiary/aromatic N) is 3. The lowest BCUT2D eigenvalue weighted by molar-refractivity contribution is 0.0923. The Morgan fingerprint density at radius 1 is 1.45 bits per heavy atom. The quantitative estimate of drug-likeness (QED) is 0.875. The van der Waals surface area contributed by atoms with E-state index in [1.807, 2.05) is 12.1 Å². The molecule has 0 bridgehead atoms. The van der Waals surface area contributed by atoms with Gasteiger partial charge in [-0.1, -0.05) is 31.0 Å². The van der Waals surface area contributed by atoms with Gasteiger partial charge in [0.25, 0.3) is 5.91 Å². The van der Waals surface area contributed by atoms with Crippen molar-refractivity contribution in [2.24, 2.45) is 0 Å². The Morgan fingerprint density at radius 3 is 2.90 bits per heavy atom. The van der Waals surface area contributed by atoms with Crippen LogP contribution in [0.5, 0.6) is 0 Å². The molecule has 1 amide bonds. The lowest BCUT2D eigenvalue weighted by Crippen LogP contribution is -2.29. The number of aryl methyl sites for hydroxylation is 1. The minimum atomic E-state index is -0.270. The monoisotopic (exact) mass is 274 g/mol. The highest BCUT2D eigenvalue weighted by Gasteiger charge is 2.20. The minimum Gasteiger partial charge on any atom is -0.344 e. The fourth-order valence-corrected chi connectivity index (χ4v) is 1.98. The first kappa shape index (κ1) is 14.2. The number of hydrogen-bond donors (Lipinski definition) is 1. The van der Waals surface area contributed by atoms with Gasteiger partial charge >= 0.3 is 0 Å². The zero-order chi connectivity index (χ0) is 14.4. The third kappa shape index (κ3) is 3.40. The van der Waals surface area contributed by atoms with Crippen molar-refractivity contribution in [1.29, 1.82) is 0 Å². The fourth-order valence-electron chi connectivity index (χ4n) is 1.98. The summed E-state index contributed by atoms with van der Waals surface area (Å²) in [5, 5.41) is 10.2. The molecule has 0 fully saturated rings. The van der Waals surface area contributed by atoms with Crippen LogP contribution in [0.4, 0.5) is 0 Å². The molecular formula is C14H18N4O2. The van der Waals surface area contributed by atoms with Crippen LogP contribution in [0.15, 0.2) is 29.2 Å². The Balaban J connectivity index is 2.12. The molecule has 1 N–H and O–H groups in total. The van der Waals surface area contributed by atoms with Crippen LogP contribution < -0.4 is 5.32 Å². The molecule has 20 heavy (non-hydrogen) atoms. The van der Waals surface area contributed by atoms with Gasteiger partial charge in [-0.15, -0.1) is 0 Å². The first-order valence-corrected chi connectivity index (χ1v) is 6.72. The molecule has 0 saturated carbocycles. The number of pyridine rings is 1. The summed E-state index contributed by atoms with van der Waals surface area (Å²) in [6.07, 6.45) is 6.44. The molecule has 2 aromatic heterocycles. The summed E-state index contributed by atoms with van der Waals surface area (Å²) in [7, 11) is 0. The van der Waals surface area contributed by atoms with Crippen molar-refractivity contribution in [2.75, 3.05) is 0 Å². The zero-order valence-corrected chi connectivity index (χ0v) is 11.7. The second kappa shape index (κ2) is 6.79. The summed E-state index contributed by atoms with van der Waals surface area (Å²) in [4.78, 5) is 16.3. The third-order valence-corrected chi connectivity index (χ3v) is 3.11. The van der Waals surface area contributed by atoms with Crippen LogP contribution in [-0.4, -0.2) is 21.2 Å². The molecule has 6 heteroatoms. The third-order valence-electron chi connectivity index (χ3n) is 3.11. The van der Waals surface area contributed by atoms with Crippen LogP contribution >= 0.6 is 0 Å². The molecule has 1 atom stereocenters. The molecule has 0 spiro atoms.